The predicted octanol–water partition coefficient (Wildman–Crippen LogP) is 1.47. The summed E-state index contributed by atoms with van der Waals surface area (Å²) in [6, 6.07) is 8.75. The average molecular weight is 414 g/mol. The summed E-state index contributed by atoms with van der Waals surface area (Å²) in [5, 5.41) is 10.5. The quantitative estimate of drug-likeness (QED) is 0.773. The second-order valence-electron chi connectivity index (χ2n) is 7.72. The number of hydrogen-bond donors (Lipinski definition) is 2. The molecule has 3 aliphatic rings. The van der Waals surface area contributed by atoms with Crippen LogP contribution in [0.1, 0.15) is 34.8 Å². The minimum Gasteiger partial charge on any atom is -0.493 e. The molecule has 3 heterocycles. The molecule has 0 spiro atoms. The Morgan fingerprint density at radius 3 is 2.69 bits per heavy atom. The van der Waals surface area contributed by atoms with Crippen LogP contribution in [0.3, 0.4) is 0 Å². The second-order valence-corrected chi connectivity index (χ2v) is 9.49. The number of sulfonamides is 1. The first-order valence-corrected chi connectivity index (χ1v) is 11.3. The molecule has 5 rings (SSSR count). The highest BCUT2D eigenvalue weighted by Gasteiger charge is 2.33. The van der Waals surface area contributed by atoms with Crippen LogP contribution in [-0.2, 0) is 34.1 Å². The second kappa shape index (κ2) is 6.83. The van der Waals surface area contributed by atoms with Crippen molar-refractivity contribution in [1.29, 1.82) is 0 Å². The van der Waals surface area contributed by atoms with Crippen molar-refractivity contribution in [2.24, 2.45) is 0 Å². The Bertz CT molecular complexity index is 1110. The van der Waals surface area contributed by atoms with Gasteiger partial charge < -0.3 is 14.7 Å². The number of benzene rings is 2. The number of nitrogens with one attached hydrogen (secondary N) is 1. The van der Waals surface area contributed by atoms with Gasteiger partial charge in [0.25, 0.3) is 0 Å². The number of ether oxygens (including phenoxy) is 1. The normalized spacial score (nSPS) is 18.4. The van der Waals surface area contributed by atoms with E-state index in [0.29, 0.717) is 38.0 Å². The number of carbonyl (C=O) groups is 1. The zero-order chi connectivity index (χ0) is 20.2. The summed E-state index contributed by atoms with van der Waals surface area (Å²) in [4.78, 5) is 14.0. The van der Waals surface area contributed by atoms with Gasteiger partial charge in [0.15, 0.2) is 0 Å². The lowest BCUT2D eigenvalue weighted by Gasteiger charge is -2.25. The summed E-state index contributed by atoms with van der Waals surface area (Å²) < 4.78 is 33.7. The topological polar surface area (TPSA) is 95.9 Å². The van der Waals surface area contributed by atoms with Crippen LogP contribution < -0.4 is 14.4 Å². The van der Waals surface area contributed by atoms with E-state index in [-0.39, 0.29) is 17.3 Å². The lowest BCUT2D eigenvalue weighted by Crippen LogP contribution is -2.33. The molecule has 0 aromatic heterocycles. The van der Waals surface area contributed by atoms with Gasteiger partial charge in [-0.25, -0.2) is 13.1 Å². The largest absolute Gasteiger partial charge is 0.493 e. The van der Waals surface area contributed by atoms with Gasteiger partial charge in [-0.2, -0.15) is 0 Å². The Morgan fingerprint density at radius 1 is 1.07 bits per heavy atom. The van der Waals surface area contributed by atoms with Crippen molar-refractivity contribution >= 4 is 21.6 Å². The van der Waals surface area contributed by atoms with Crippen molar-refractivity contribution in [3.8, 4) is 5.75 Å². The van der Waals surface area contributed by atoms with Gasteiger partial charge in [-0.15, -0.1) is 0 Å². The van der Waals surface area contributed by atoms with Crippen LogP contribution in [0.4, 0.5) is 5.69 Å². The third-order valence-electron chi connectivity index (χ3n) is 5.90. The van der Waals surface area contributed by atoms with Crippen LogP contribution in [0.2, 0.25) is 0 Å². The SMILES string of the molecule is O=C1CCc2cc(S(=O)(=O)NCC(O)c3ccc4c(c3)CCO4)cc3c2N1CC3. The molecule has 1 amide bonds. The van der Waals surface area contributed by atoms with E-state index < -0.39 is 16.1 Å². The van der Waals surface area contributed by atoms with Crippen LogP contribution in [0, 0.1) is 0 Å². The fourth-order valence-corrected chi connectivity index (χ4v) is 5.52. The first kappa shape index (κ1) is 18.6. The molecule has 8 heteroatoms. The molecule has 2 aromatic rings. The number of amides is 1. The molecule has 0 saturated heterocycles. The molecule has 1 atom stereocenters. The molecule has 0 fully saturated rings. The van der Waals surface area contributed by atoms with E-state index in [1.807, 2.05) is 12.1 Å². The molecule has 0 bridgehead atoms. The number of rotatable bonds is 5. The average Bonchev–Trinajstić information content (AvgIpc) is 3.36. The highest BCUT2D eigenvalue weighted by atomic mass is 32.2. The van der Waals surface area contributed by atoms with Crippen molar-refractivity contribution < 1.29 is 23.1 Å². The van der Waals surface area contributed by atoms with Gasteiger partial charge in [0.1, 0.15) is 5.75 Å². The first-order chi connectivity index (χ1) is 13.9. The maximum absolute atomic E-state index is 12.9. The van der Waals surface area contributed by atoms with Gasteiger partial charge >= 0.3 is 0 Å². The predicted molar refractivity (Wildman–Crippen MR) is 107 cm³/mol. The van der Waals surface area contributed by atoms with Crippen molar-refractivity contribution in [2.45, 2.75) is 36.7 Å². The fraction of sp³-hybridized carbons (Fsp3) is 0.381. The van der Waals surface area contributed by atoms with E-state index in [2.05, 4.69) is 4.72 Å². The molecular formula is C21H22N2O5S. The van der Waals surface area contributed by atoms with Gasteiger partial charge in [0, 0.05) is 25.9 Å². The number of fused-ring (bicyclic) bond motifs is 1. The van der Waals surface area contributed by atoms with Crippen molar-refractivity contribution in [1.82, 2.24) is 4.72 Å². The molecular weight excluding hydrogens is 392 g/mol. The van der Waals surface area contributed by atoms with Crippen molar-refractivity contribution in [3.63, 3.8) is 0 Å². The summed E-state index contributed by atoms with van der Waals surface area (Å²) >= 11 is 0. The third kappa shape index (κ3) is 3.21. The van der Waals surface area contributed by atoms with Crippen LogP contribution >= 0.6 is 0 Å². The maximum Gasteiger partial charge on any atom is 0.240 e. The summed E-state index contributed by atoms with van der Waals surface area (Å²) in [5.74, 6) is 0.925. The summed E-state index contributed by atoms with van der Waals surface area (Å²) in [5.41, 5.74) is 4.38. The van der Waals surface area contributed by atoms with E-state index in [1.54, 1.807) is 23.1 Å². The molecule has 0 aliphatic carbocycles. The molecule has 3 aliphatic heterocycles. The van der Waals surface area contributed by atoms with Gasteiger partial charge in [-0.05, 0) is 59.4 Å². The van der Waals surface area contributed by atoms with Crippen molar-refractivity contribution in [3.05, 3.63) is 52.6 Å². The van der Waals surface area contributed by atoms with E-state index >= 15 is 0 Å². The molecule has 2 N–H and O–H groups in total. The summed E-state index contributed by atoms with van der Waals surface area (Å²) in [6.07, 6.45) is 1.47. The Kier molecular flexibility index (Phi) is 4.38. The molecule has 1 unspecified atom stereocenters. The Balaban J connectivity index is 1.35. The molecule has 2 aromatic carbocycles. The number of hydrogen-bond acceptors (Lipinski definition) is 5. The minimum atomic E-state index is -3.77. The molecule has 0 radical (unpaired) electrons. The molecule has 152 valence electrons. The number of aliphatic hydroxyl groups is 1. The standard InChI is InChI=1S/C21H22N2O5S/c24-18(13-1-3-19-14(9-13)6-8-28-19)12-22-29(26,27)17-10-15-2-4-20(25)23-7-5-16(11-17)21(15)23/h1,3,9-11,18,22,24H,2,4-8,12H2. The Hall–Kier alpha value is -2.42. The van der Waals surface area contributed by atoms with Crippen LogP contribution in [0.5, 0.6) is 5.75 Å². The number of aryl methyl sites for hydroxylation is 1. The maximum atomic E-state index is 12.9. The van der Waals surface area contributed by atoms with Crippen LogP contribution in [-0.4, -0.2) is 39.1 Å². The zero-order valence-electron chi connectivity index (χ0n) is 15.8. The van der Waals surface area contributed by atoms with E-state index in [1.165, 1.54) is 0 Å². The zero-order valence-corrected chi connectivity index (χ0v) is 16.7. The molecule has 29 heavy (non-hydrogen) atoms. The third-order valence-corrected chi connectivity index (χ3v) is 7.30. The van der Waals surface area contributed by atoms with Gasteiger partial charge in [-0.1, -0.05) is 6.07 Å². The summed E-state index contributed by atoms with van der Waals surface area (Å²) in [7, 11) is -3.77. The van der Waals surface area contributed by atoms with Crippen LogP contribution in [0.25, 0.3) is 0 Å². The molecule has 7 nitrogen and oxygen atoms in total. The van der Waals surface area contributed by atoms with Crippen molar-refractivity contribution in [2.75, 3.05) is 24.6 Å². The lowest BCUT2D eigenvalue weighted by molar-refractivity contribution is -0.118. The number of anilines is 1. The molecule has 0 saturated carbocycles. The monoisotopic (exact) mass is 414 g/mol. The van der Waals surface area contributed by atoms with E-state index in [0.717, 1.165) is 34.5 Å². The summed E-state index contributed by atoms with van der Waals surface area (Å²) in [6.45, 7) is 1.13. The highest BCUT2D eigenvalue weighted by Crippen LogP contribution is 2.38. The van der Waals surface area contributed by atoms with Crippen LogP contribution in [0.15, 0.2) is 35.2 Å². The Labute approximate surface area is 169 Å². The highest BCUT2D eigenvalue weighted by molar-refractivity contribution is 7.89. The lowest BCUT2D eigenvalue weighted by atomic mass is 10.00. The smallest absolute Gasteiger partial charge is 0.240 e. The Morgan fingerprint density at radius 2 is 1.86 bits per heavy atom. The number of carbonyl (C=O) groups excluding carboxylic acids is 1. The van der Waals surface area contributed by atoms with Gasteiger partial charge in [-0.3, -0.25) is 4.79 Å². The first-order valence-electron chi connectivity index (χ1n) is 9.82. The van der Waals surface area contributed by atoms with E-state index in [4.69, 9.17) is 4.74 Å². The van der Waals surface area contributed by atoms with Gasteiger partial charge in [0.2, 0.25) is 15.9 Å². The number of nitrogens with zero attached hydrogens (tertiary/aromatic N) is 1. The van der Waals surface area contributed by atoms with Gasteiger partial charge in [0.05, 0.1) is 23.3 Å². The number of aliphatic hydroxyl groups excluding tert-OH is 1. The fourth-order valence-electron chi connectivity index (χ4n) is 4.38. The van der Waals surface area contributed by atoms with E-state index in [9.17, 15) is 18.3 Å². The minimum absolute atomic E-state index is 0.104.